The van der Waals surface area contributed by atoms with Crippen LogP contribution in [0.4, 0.5) is 0 Å². The average molecular weight is 335 g/mol. The van der Waals surface area contributed by atoms with Gasteiger partial charge in [0.15, 0.2) is 6.61 Å². The molecule has 0 unspecified atom stereocenters. The van der Waals surface area contributed by atoms with Gasteiger partial charge in [-0.15, -0.1) is 5.10 Å². The maximum Gasteiger partial charge on any atom is 0.344 e. The minimum Gasteiger partial charge on any atom is -0.482 e. The number of hydrogen-bond acceptors (Lipinski definition) is 6. The first-order valence-electron chi connectivity index (χ1n) is 6.46. The van der Waals surface area contributed by atoms with Crippen molar-refractivity contribution in [1.82, 2.24) is 9.59 Å². The summed E-state index contributed by atoms with van der Waals surface area (Å²) in [6.45, 7) is -0.178. The monoisotopic (exact) mass is 334 g/mol. The number of esters is 1. The summed E-state index contributed by atoms with van der Waals surface area (Å²) >= 11 is 6.87. The zero-order valence-corrected chi connectivity index (χ0v) is 12.9. The van der Waals surface area contributed by atoms with Gasteiger partial charge < -0.3 is 9.47 Å². The summed E-state index contributed by atoms with van der Waals surface area (Å²) in [5.41, 5.74) is 0.450. The van der Waals surface area contributed by atoms with Crippen LogP contribution in [-0.4, -0.2) is 22.2 Å². The summed E-state index contributed by atoms with van der Waals surface area (Å²) in [5.74, 6) is 0.126. The van der Waals surface area contributed by atoms with Crippen molar-refractivity contribution in [2.75, 3.05) is 6.61 Å². The molecule has 0 aliphatic carbocycles. The third-order valence-corrected chi connectivity index (χ3v) is 3.94. The van der Waals surface area contributed by atoms with E-state index in [4.69, 9.17) is 21.1 Å². The highest BCUT2D eigenvalue weighted by Gasteiger charge is 2.10. The fourth-order valence-electron chi connectivity index (χ4n) is 1.87. The molecule has 2 aromatic carbocycles. The summed E-state index contributed by atoms with van der Waals surface area (Å²) in [4.78, 5) is 11.7. The number of benzene rings is 2. The van der Waals surface area contributed by atoms with E-state index in [1.54, 1.807) is 0 Å². The number of fused-ring (bicyclic) bond motifs is 1. The van der Waals surface area contributed by atoms with Crippen LogP contribution in [0.25, 0.3) is 10.8 Å². The second-order valence-electron chi connectivity index (χ2n) is 4.45. The molecule has 0 aliphatic rings. The lowest BCUT2D eigenvalue weighted by Gasteiger charge is -2.07. The molecular formula is C15H11ClN2O3S. The van der Waals surface area contributed by atoms with Crippen LogP contribution in [-0.2, 0) is 16.1 Å². The summed E-state index contributed by atoms with van der Waals surface area (Å²) < 4.78 is 14.5. The normalized spacial score (nSPS) is 10.6. The van der Waals surface area contributed by atoms with Crippen LogP contribution in [0.2, 0.25) is 4.34 Å². The third kappa shape index (κ3) is 3.52. The molecule has 0 radical (unpaired) electrons. The van der Waals surface area contributed by atoms with Crippen LogP contribution in [0.15, 0.2) is 42.5 Å². The Morgan fingerprint density at radius 3 is 2.77 bits per heavy atom. The van der Waals surface area contributed by atoms with Crippen LogP contribution in [0.1, 0.15) is 5.69 Å². The first-order chi connectivity index (χ1) is 10.7. The number of halogens is 1. The molecule has 1 heterocycles. The van der Waals surface area contributed by atoms with Crippen LogP contribution < -0.4 is 4.74 Å². The highest BCUT2D eigenvalue weighted by Crippen LogP contribution is 2.21. The molecule has 22 heavy (non-hydrogen) atoms. The van der Waals surface area contributed by atoms with E-state index in [1.807, 2.05) is 42.5 Å². The van der Waals surface area contributed by atoms with Crippen LogP contribution in [0.3, 0.4) is 0 Å². The predicted octanol–water partition coefficient (Wildman–Crippen LogP) is 3.47. The lowest BCUT2D eigenvalue weighted by atomic mass is 10.1. The Morgan fingerprint density at radius 2 is 2.00 bits per heavy atom. The summed E-state index contributed by atoms with van der Waals surface area (Å²) in [6, 6.07) is 13.6. The van der Waals surface area contributed by atoms with Gasteiger partial charge in [-0.05, 0) is 22.9 Å². The van der Waals surface area contributed by atoms with Gasteiger partial charge in [0, 0.05) is 11.5 Å². The zero-order valence-electron chi connectivity index (χ0n) is 11.4. The molecule has 5 nitrogen and oxygen atoms in total. The minimum atomic E-state index is -0.489. The van der Waals surface area contributed by atoms with E-state index in [1.165, 1.54) is 0 Å². The van der Waals surface area contributed by atoms with Gasteiger partial charge in [-0.1, -0.05) is 46.4 Å². The number of hydrogen-bond donors (Lipinski definition) is 0. The third-order valence-electron chi connectivity index (χ3n) is 2.96. The molecule has 0 saturated carbocycles. The fourth-order valence-corrected chi connectivity index (χ4v) is 2.47. The van der Waals surface area contributed by atoms with Crippen molar-refractivity contribution < 1.29 is 14.3 Å². The molecule has 1 aromatic heterocycles. The number of nitrogens with zero attached hydrogens (tertiary/aromatic N) is 2. The van der Waals surface area contributed by atoms with Gasteiger partial charge in [-0.2, -0.15) is 0 Å². The largest absolute Gasteiger partial charge is 0.482 e. The van der Waals surface area contributed by atoms with Crippen molar-refractivity contribution in [3.05, 3.63) is 52.5 Å². The maximum absolute atomic E-state index is 11.7. The Labute approximate surface area is 135 Å². The molecule has 7 heteroatoms. The Morgan fingerprint density at radius 1 is 1.18 bits per heavy atom. The molecular weight excluding hydrogens is 324 g/mol. The lowest BCUT2D eigenvalue weighted by Crippen LogP contribution is -2.15. The highest BCUT2D eigenvalue weighted by molar-refractivity contribution is 7.10. The number of aromatic nitrogens is 2. The molecule has 0 aliphatic heterocycles. The smallest absolute Gasteiger partial charge is 0.344 e. The molecule has 0 N–H and O–H groups in total. The molecule has 0 atom stereocenters. The SMILES string of the molecule is O=C(COc1ccc2ccccc2c1)OCc1nnsc1Cl. The summed E-state index contributed by atoms with van der Waals surface area (Å²) in [6.07, 6.45) is 0. The Balaban J connectivity index is 1.54. The second kappa shape index (κ2) is 6.72. The minimum absolute atomic E-state index is 0.00472. The number of rotatable bonds is 5. The molecule has 0 fully saturated rings. The van der Waals surface area contributed by atoms with E-state index in [2.05, 4.69) is 9.59 Å². The van der Waals surface area contributed by atoms with Crippen molar-refractivity contribution >= 4 is 39.9 Å². The van der Waals surface area contributed by atoms with E-state index in [0.717, 1.165) is 22.3 Å². The molecule has 0 bridgehead atoms. The van der Waals surface area contributed by atoms with Crippen molar-refractivity contribution in [3.63, 3.8) is 0 Å². The number of ether oxygens (including phenoxy) is 2. The molecule has 3 aromatic rings. The molecule has 3 rings (SSSR count). The van der Waals surface area contributed by atoms with Crippen molar-refractivity contribution in [2.24, 2.45) is 0 Å². The summed E-state index contributed by atoms with van der Waals surface area (Å²) in [7, 11) is 0. The van der Waals surface area contributed by atoms with Crippen LogP contribution >= 0.6 is 23.1 Å². The molecule has 0 amide bonds. The maximum atomic E-state index is 11.7. The van der Waals surface area contributed by atoms with Crippen LogP contribution in [0, 0.1) is 0 Å². The van der Waals surface area contributed by atoms with Crippen molar-refractivity contribution in [2.45, 2.75) is 6.61 Å². The van der Waals surface area contributed by atoms with E-state index < -0.39 is 5.97 Å². The standard InChI is InChI=1S/C15H11ClN2O3S/c16-15-13(17-18-22-15)8-21-14(19)9-20-12-6-5-10-3-1-2-4-11(10)7-12/h1-7H,8-9H2. The number of carbonyl (C=O) groups is 1. The fraction of sp³-hybridized carbons (Fsp3) is 0.133. The van der Waals surface area contributed by atoms with Crippen LogP contribution in [0.5, 0.6) is 5.75 Å². The molecule has 0 spiro atoms. The highest BCUT2D eigenvalue weighted by atomic mass is 35.5. The van der Waals surface area contributed by atoms with Gasteiger partial charge in [-0.3, -0.25) is 0 Å². The van der Waals surface area contributed by atoms with Gasteiger partial charge in [0.25, 0.3) is 0 Å². The first kappa shape index (κ1) is 14.7. The predicted molar refractivity (Wildman–Crippen MR) is 84.2 cm³/mol. The molecule has 0 saturated heterocycles. The van der Waals surface area contributed by atoms with E-state index in [-0.39, 0.29) is 13.2 Å². The lowest BCUT2D eigenvalue weighted by molar-refractivity contribution is -0.147. The van der Waals surface area contributed by atoms with Gasteiger partial charge >= 0.3 is 5.97 Å². The quantitative estimate of drug-likeness (QED) is 0.669. The van der Waals surface area contributed by atoms with Crippen molar-refractivity contribution in [3.8, 4) is 5.75 Å². The Bertz CT molecular complexity index is 806. The van der Waals surface area contributed by atoms with E-state index in [9.17, 15) is 4.79 Å². The van der Waals surface area contributed by atoms with Gasteiger partial charge in [-0.25, -0.2) is 4.79 Å². The number of carbonyl (C=O) groups excluding carboxylic acids is 1. The van der Waals surface area contributed by atoms with E-state index >= 15 is 0 Å². The van der Waals surface area contributed by atoms with Crippen molar-refractivity contribution in [1.29, 1.82) is 0 Å². The zero-order chi connectivity index (χ0) is 15.4. The molecule has 112 valence electrons. The van der Waals surface area contributed by atoms with Gasteiger partial charge in [0.05, 0.1) is 0 Å². The van der Waals surface area contributed by atoms with E-state index in [0.29, 0.717) is 15.8 Å². The summed E-state index contributed by atoms with van der Waals surface area (Å²) in [5, 5.41) is 5.92. The Hall–Kier alpha value is -2.18. The Kier molecular flexibility index (Phi) is 4.50. The van der Waals surface area contributed by atoms with Gasteiger partial charge in [0.2, 0.25) is 0 Å². The average Bonchev–Trinajstić information content (AvgIpc) is 2.96. The second-order valence-corrected chi connectivity index (χ2v) is 5.81. The van der Waals surface area contributed by atoms with Gasteiger partial charge in [0.1, 0.15) is 22.4 Å². The topological polar surface area (TPSA) is 61.3 Å². The first-order valence-corrected chi connectivity index (χ1v) is 7.61.